The standard InChI is InChI=1S/C24H24N2O4/c1-3-29-19-14-12-18(13-15-19)25-24(28)20-9-5-6-10-21(20)26-23(27)16-30-22-11-7-4-8-17(22)2/h4-15H,3,16H2,1-2H3,(H,25,28)(H,26,27). The van der Waals surface area contributed by atoms with Crippen molar-refractivity contribution in [2.45, 2.75) is 13.8 Å². The number of carbonyl (C=O) groups excluding carboxylic acids is 2. The Morgan fingerprint density at radius 1 is 0.833 bits per heavy atom. The Bertz CT molecular complexity index is 1020. The molecule has 0 atom stereocenters. The zero-order valence-corrected chi connectivity index (χ0v) is 17.0. The molecule has 0 saturated heterocycles. The molecule has 6 nitrogen and oxygen atoms in total. The molecule has 3 aromatic rings. The van der Waals surface area contributed by atoms with Crippen LogP contribution in [0.3, 0.4) is 0 Å². The number of hydrogen-bond acceptors (Lipinski definition) is 4. The molecule has 0 spiro atoms. The number of carbonyl (C=O) groups is 2. The van der Waals surface area contributed by atoms with Gasteiger partial charge in [-0.05, 0) is 61.9 Å². The molecular formula is C24H24N2O4. The Kier molecular flexibility index (Phi) is 7.05. The Hall–Kier alpha value is -3.80. The number of aryl methyl sites for hydroxylation is 1. The summed E-state index contributed by atoms with van der Waals surface area (Å²) < 4.78 is 11.0. The van der Waals surface area contributed by atoms with Gasteiger partial charge in [-0.25, -0.2) is 0 Å². The zero-order chi connectivity index (χ0) is 21.3. The van der Waals surface area contributed by atoms with Gasteiger partial charge in [-0.15, -0.1) is 0 Å². The lowest BCUT2D eigenvalue weighted by Crippen LogP contribution is -2.23. The third-order valence-corrected chi connectivity index (χ3v) is 4.32. The number of rotatable bonds is 8. The van der Waals surface area contributed by atoms with E-state index in [1.165, 1.54) is 0 Å². The quantitative estimate of drug-likeness (QED) is 0.572. The fraction of sp³-hybridized carbons (Fsp3) is 0.167. The van der Waals surface area contributed by atoms with Crippen molar-refractivity contribution in [2.24, 2.45) is 0 Å². The van der Waals surface area contributed by atoms with Crippen LogP contribution in [-0.4, -0.2) is 25.0 Å². The van der Waals surface area contributed by atoms with Gasteiger partial charge >= 0.3 is 0 Å². The van der Waals surface area contributed by atoms with Gasteiger partial charge in [-0.2, -0.15) is 0 Å². The summed E-state index contributed by atoms with van der Waals surface area (Å²) in [7, 11) is 0. The highest BCUT2D eigenvalue weighted by Crippen LogP contribution is 2.20. The van der Waals surface area contributed by atoms with Crippen LogP contribution in [0, 0.1) is 6.92 Å². The molecule has 30 heavy (non-hydrogen) atoms. The average Bonchev–Trinajstić information content (AvgIpc) is 2.75. The summed E-state index contributed by atoms with van der Waals surface area (Å²) in [5.74, 6) is 0.709. The molecule has 0 aliphatic rings. The molecule has 3 rings (SSSR count). The van der Waals surface area contributed by atoms with Crippen molar-refractivity contribution < 1.29 is 19.1 Å². The van der Waals surface area contributed by atoms with Gasteiger partial charge in [-0.1, -0.05) is 30.3 Å². The first-order valence-corrected chi connectivity index (χ1v) is 9.68. The molecule has 0 saturated carbocycles. The van der Waals surface area contributed by atoms with Crippen molar-refractivity contribution in [3.05, 3.63) is 83.9 Å². The van der Waals surface area contributed by atoms with Crippen LogP contribution in [0.25, 0.3) is 0 Å². The second kappa shape index (κ2) is 10.1. The highest BCUT2D eigenvalue weighted by molar-refractivity contribution is 6.10. The maximum atomic E-state index is 12.7. The number of para-hydroxylation sites is 2. The topological polar surface area (TPSA) is 76.7 Å². The van der Waals surface area contributed by atoms with Crippen LogP contribution >= 0.6 is 0 Å². The molecule has 0 bridgehead atoms. The SMILES string of the molecule is CCOc1ccc(NC(=O)c2ccccc2NC(=O)COc2ccccc2C)cc1. The number of nitrogens with one attached hydrogen (secondary N) is 2. The number of hydrogen-bond donors (Lipinski definition) is 2. The van der Waals surface area contributed by atoms with E-state index in [0.717, 1.165) is 11.3 Å². The molecular weight excluding hydrogens is 380 g/mol. The van der Waals surface area contributed by atoms with Crippen LogP contribution in [-0.2, 0) is 4.79 Å². The molecule has 0 unspecified atom stereocenters. The number of benzene rings is 3. The first-order chi connectivity index (χ1) is 14.6. The molecule has 0 radical (unpaired) electrons. The normalized spacial score (nSPS) is 10.2. The molecule has 0 fully saturated rings. The summed E-state index contributed by atoms with van der Waals surface area (Å²) in [4.78, 5) is 25.1. The molecule has 2 N–H and O–H groups in total. The summed E-state index contributed by atoms with van der Waals surface area (Å²) in [6.07, 6.45) is 0. The Labute approximate surface area is 175 Å². The van der Waals surface area contributed by atoms with E-state index in [9.17, 15) is 9.59 Å². The molecule has 0 aliphatic heterocycles. The van der Waals surface area contributed by atoms with E-state index in [-0.39, 0.29) is 18.4 Å². The Balaban J connectivity index is 1.63. The van der Waals surface area contributed by atoms with Crippen molar-refractivity contribution >= 4 is 23.2 Å². The van der Waals surface area contributed by atoms with Gasteiger partial charge in [0.1, 0.15) is 11.5 Å². The van der Waals surface area contributed by atoms with Gasteiger partial charge in [0.05, 0.1) is 17.9 Å². The van der Waals surface area contributed by atoms with E-state index in [1.54, 1.807) is 54.6 Å². The van der Waals surface area contributed by atoms with E-state index < -0.39 is 0 Å². The molecule has 2 amide bonds. The van der Waals surface area contributed by atoms with Crippen LogP contribution < -0.4 is 20.1 Å². The monoisotopic (exact) mass is 404 g/mol. The maximum Gasteiger partial charge on any atom is 0.262 e. The molecule has 3 aromatic carbocycles. The van der Waals surface area contributed by atoms with Gasteiger partial charge in [0.25, 0.3) is 11.8 Å². The van der Waals surface area contributed by atoms with Gasteiger partial charge in [-0.3, -0.25) is 9.59 Å². The Morgan fingerprint density at radius 2 is 1.53 bits per heavy atom. The van der Waals surface area contributed by atoms with Gasteiger partial charge < -0.3 is 20.1 Å². The van der Waals surface area contributed by atoms with Crippen LogP contribution in [0.2, 0.25) is 0 Å². The van der Waals surface area contributed by atoms with Crippen LogP contribution in [0.15, 0.2) is 72.8 Å². The Morgan fingerprint density at radius 3 is 2.27 bits per heavy atom. The summed E-state index contributed by atoms with van der Waals surface area (Å²) in [5, 5.41) is 5.58. The number of ether oxygens (including phenoxy) is 2. The van der Waals surface area contributed by atoms with E-state index in [0.29, 0.717) is 29.3 Å². The van der Waals surface area contributed by atoms with Crippen molar-refractivity contribution in [3.63, 3.8) is 0 Å². The summed E-state index contributed by atoms with van der Waals surface area (Å²) >= 11 is 0. The van der Waals surface area contributed by atoms with E-state index >= 15 is 0 Å². The summed E-state index contributed by atoms with van der Waals surface area (Å²) in [6, 6.07) is 21.4. The van der Waals surface area contributed by atoms with E-state index in [2.05, 4.69) is 10.6 Å². The number of amides is 2. The fourth-order valence-corrected chi connectivity index (χ4v) is 2.84. The lowest BCUT2D eigenvalue weighted by molar-refractivity contribution is -0.118. The van der Waals surface area contributed by atoms with Crippen LogP contribution in [0.1, 0.15) is 22.8 Å². The van der Waals surface area contributed by atoms with Gasteiger partial charge in [0, 0.05) is 5.69 Å². The van der Waals surface area contributed by atoms with Crippen molar-refractivity contribution in [1.82, 2.24) is 0 Å². The molecule has 154 valence electrons. The van der Waals surface area contributed by atoms with Crippen LogP contribution in [0.5, 0.6) is 11.5 Å². The number of anilines is 2. The molecule has 0 aromatic heterocycles. The minimum absolute atomic E-state index is 0.153. The zero-order valence-electron chi connectivity index (χ0n) is 17.0. The van der Waals surface area contributed by atoms with Crippen molar-refractivity contribution in [2.75, 3.05) is 23.8 Å². The minimum atomic E-state index is -0.348. The summed E-state index contributed by atoms with van der Waals surface area (Å²) in [6.45, 7) is 4.24. The second-order valence-electron chi connectivity index (χ2n) is 6.56. The van der Waals surface area contributed by atoms with E-state index in [1.807, 2.05) is 32.0 Å². The summed E-state index contributed by atoms with van der Waals surface area (Å²) in [5.41, 5.74) is 2.35. The molecule has 0 aliphatic carbocycles. The molecule has 0 heterocycles. The fourth-order valence-electron chi connectivity index (χ4n) is 2.84. The van der Waals surface area contributed by atoms with Crippen molar-refractivity contribution in [1.29, 1.82) is 0 Å². The lowest BCUT2D eigenvalue weighted by Gasteiger charge is -2.13. The smallest absolute Gasteiger partial charge is 0.262 e. The van der Waals surface area contributed by atoms with Gasteiger partial charge in [0.15, 0.2) is 6.61 Å². The highest BCUT2D eigenvalue weighted by Gasteiger charge is 2.14. The van der Waals surface area contributed by atoms with Crippen LogP contribution in [0.4, 0.5) is 11.4 Å². The third kappa shape index (κ3) is 5.61. The average molecular weight is 404 g/mol. The molecule has 6 heteroatoms. The largest absolute Gasteiger partial charge is 0.494 e. The lowest BCUT2D eigenvalue weighted by atomic mass is 10.1. The highest BCUT2D eigenvalue weighted by atomic mass is 16.5. The minimum Gasteiger partial charge on any atom is -0.494 e. The second-order valence-corrected chi connectivity index (χ2v) is 6.56. The van der Waals surface area contributed by atoms with E-state index in [4.69, 9.17) is 9.47 Å². The predicted octanol–water partition coefficient (Wildman–Crippen LogP) is 4.66. The first-order valence-electron chi connectivity index (χ1n) is 9.68. The maximum absolute atomic E-state index is 12.7. The van der Waals surface area contributed by atoms with Gasteiger partial charge in [0.2, 0.25) is 0 Å². The third-order valence-electron chi connectivity index (χ3n) is 4.32. The predicted molar refractivity (Wildman–Crippen MR) is 117 cm³/mol. The van der Waals surface area contributed by atoms with Crippen molar-refractivity contribution in [3.8, 4) is 11.5 Å². The first kappa shape index (κ1) is 20.9.